The van der Waals surface area contributed by atoms with E-state index in [9.17, 15) is 8.42 Å². The maximum Gasteiger partial charge on any atom is 0.244 e. The molecule has 2 unspecified atom stereocenters. The fourth-order valence-corrected chi connectivity index (χ4v) is 5.41. The largest absolute Gasteiger partial charge is 0.312 e. The van der Waals surface area contributed by atoms with Crippen LogP contribution in [0.25, 0.3) is 0 Å². The van der Waals surface area contributed by atoms with Gasteiger partial charge in [-0.05, 0) is 54.2 Å². The lowest BCUT2D eigenvalue weighted by molar-refractivity contribution is 0.322. The van der Waals surface area contributed by atoms with E-state index in [1.54, 1.807) is 16.6 Å². The van der Waals surface area contributed by atoms with Crippen molar-refractivity contribution in [2.24, 2.45) is 0 Å². The molecule has 0 amide bonds. The first-order chi connectivity index (χ1) is 9.59. The summed E-state index contributed by atoms with van der Waals surface area (Å²) in [5.74, 6) is 0. The molecule has 2 aliphatic heterocycles. The fraction of sp³-hybridized carbons (Fsp3) is 0.615. The van der Waals surface area contributed by atoms with E-state index in [1.807, 2.05) is 0 Å². The molecule has 1 aromatic heterocycles. The Morgan fingerprint density at radius 1 is 1.30 bits per heavy atom. The Morgan fingerprint density at radius 3 is 2.85 bits per heavy atom. The number of sulfonamides is 1. The van der Waals surface area contributed by atoms with E-state index in [4.69, 9.17) is 0 Å². The Morgan fingerprint density at radius 2 is 2.15 bits per heavy atom. The number of nitrogens with zero attached hydrogens (tertiary/aromatic N) is 2. The molecule has 110 valence electrons. The Kier molecular flexibility index (Phi) is 4.12. The summed E-state index contributed by atoms with van der Waals surface area (Å²) in [4.78, 5) is 4.25. The lowest BCUT2D eigenvalue weighted by Gasteiger charge is -2.28. The molecule has 3 rings (SSSR count). The summed E-state index contributed by atoms with van der Waals surface area (Å²) in [7, 11) is -3.45. The zero-order valence-corrected chi connectivity index (χ0v) is 13.5. The van der Waals surface area contributed by atoms with Crippen LogP contribution in [0.3, 0.4) is 0 Å². The van der Waals surface area contributed by atoms with Crippen LogP contribution >= 0.6 is 15.9 Å². The minimum Gasteiger partial charge on any atom is -0.312 e. The van der Waals surface area contributed by atoms with Gasteiger partial charge in [0, 0.05) is 35.5 Å². The van der Waals surface area contributed by atoms with Crippen molar-refractivity contribution in [1.82, 2.24) is 14.6 Å². The van der Waals surface area contributed by atoms with Gasteiger partial charge in [0.15, 0.2) is 0 Å². The minimum atomic E-state index is -3.45. The van der Waals surface area contributed by atoms with Gasteiger partial charge in [0.05, 0.1) is 0 Å². The van der Waals surface area contributed by atoms with Crippen molar-refractivity contribution in [2.45, 2.75) is 42.7 Å². The summed E-state index contributed by atoms with van der Waals surface area (Å²) in [6.45, 7) is 1.60. The van der Waals surface area contributed by atoms with Gasteiger partial charge >= 0.3 is 0 Å². The van der Waals surface area contributed by atoms with Crippen LogP contribution in [0.2, 0.25) is 0 Å². The second-order valence-corrected chi connectivity index (χ2v) is 8.17. The van der Waals surface area contributed by atoms with E-state index in [2.05, 4.69) is 26.2 Å². The summed E-state index contributed by atoms with van der Waals surface area (Å²) in [6, 6.07) is 2.01. The van der Waals surface area contributed by atoms with Gasteiger partial charge in [-0.2, -0.15) is 4.31 Å². The van der Waals surface area contributed by atoms with Gasteiger partial charge < -0.3 is 5.32 Å². The molecule has 0 aliphatic carbocycles. The third-order valence-electron chi connectivity index (χ3n) is 4.10. The minimum absolute atomic E-state index is 0.0847. The highest BCUT2D eigenvalue weighted by molar-refractivity contribution is 9.10. The van der Waals surface area contributed by atoms with Crippen molar-refractivity contribution in [3.63, 3.8) is 0 Å². The second kappa shape index (κ2) is 5.71. The van der Waals surface area contributed by atoms with Crippen LogP contribution in [0.15, 0.2) is 27.8 Å². The summed E-state index contributed by atoms with van der Waals surface area (Å²) >= 11 is 3.29. The van der Waals surface area contributed by atoms with Crippen LogP contribution in [0, 0.1) is 0 Å². The first kappa shape index (κ1) is 14.4. The zero-order valence-electron chi connectivity index (χ0n) is 11.1. The zero-order chi connectivity index (χ0) is 14.2. The molecule has 2 saturated heterocycles. The number of aromatic nitrogens is 1. The average Bonchev–Trinajstić information content (AvgIpc) is 3.09. The standard InChI is InChI=1S/C13H18BrN3O2S/c14-10-7-11(9-15-8-10)20(18,19)17-6-2-4-13(17)12-3-1-5-16-12/h7-9,12-13,16H,1-6H2. The van der Waals surface area contributed by atoms with Gasteiger partial charge in [-0.25, -0.2) is 8.42 Å². The van der Waals surface area contributed by atoms with Crippen LogP contribution < -0.4 is 5.32 Å². The topological polar surface area (TPSA) is 62.3 Å². The van der Waals surface area contributed by atoms with Gasteiger partial charge in [0.25, 0.3) is 0 Å². The Bertz CT molecular complexity index is 587. The van der Waals surface area contributed by atoms with E-state index >= 15 is 0 Å². The highest BCUT2D eigenvalue weighted by Crippen LogP contribution is 2.30. The van der Waals surface area contributed by atoms with E-state index in [0.29, 0.717) is 17.1 Å². The van der Waals surface area contributed by atoms with E-state index < -0.39 is 10.0 Å². The number of pyridine rings is 1. The van der Waals surface area contributed by atoms with Crippen molar-refractivity contribution >= 4 is 26.0 Å². The normalized spacial score (nSPS) is 28.1. The van der Waals surface area contributed by atoms with E-state index in [-0.39, 0.29) is 10.9 Å². The number of nitrogens with one attached hydrogen (secondary N) is 1. The molecular weight excluding hydrogens is 342 g/mol. The molecule has 7 heteroatoms. The van der Waals surface area contributed by atoms with Gasteiger partial charge in [-0.15, -0.1) is 0 Å². The van der Waals surface area contributed by atoms with Gasteiger partial charge in [0.1, 0.15) is 4.90 Å². The Labute approximate surface area is 127 Å². The van der Waals surface area contributed by atoms with Crippen LogP contribution in [0.4, 0.5) is 0 Å². The molecule has 3 heterocycles. The summed E-state index contributed by atoms with van der Waals surface area (Å²) < 4.78 is 27.9. The molecule has 2 aliphatic rings. The van der Waals surface area contributed by atoms with Crippen molar-refractivity contribution < 1.29 is 8.42 Å². The molecular formula is C13H18BrN3O2S. The average molecular weight is 360 g/mol. The highest BCUT2D eigenvalue weighted by Gasteiger charge is 2.40. The van der Waals surface area contributed by atoms with Crippen molar-refractivity contribution in [3.05, 3.63) is 22.9 Å². The molecule has 0 aromatic carbocycles. The number of hydrogen-bond acceptors (Lipinski definition) is 4. The first-order valence-corrected chi connectivity index (χ1v) is 9.18. The fourth-order valence-electron chi connectivity index (χ4n) is 3.18. The predicted octanol–water partition coefficient (Wildman–Crippen LogP) is 1.75. The van der Waals surface area contributed by atoms with Gasteiger partial charge in [-0.3, -0.25) is 4.98 Å². The van der Waals surface area contributed by atoms with Gasteiger partial charge in [0.2, 0.25) is 10.0 Å². The summed E-state index contributed by atoms with van der Waals surface area (Å²) in [5.41, 5.74) is 0. The third kappa shape index (κ3) is 2.64. The maximum atomic E-state index is 12.8. The predicted molar refractivity (Wildman–Crippen MR) is 79.9 cm³/mol. The van der Waals surface area contributed by atoms with Crippen molar-refractivity contribution in [2.75, 3.05) is 13.1 Å². The van der Waals surface area contributed by atoms with E-state index in [1.165, 1.54) is 6.20 Å². The number of hydrogen-bond donors (Lipinski definition) is 1. The van der Waals surface area contributed by atoms with Gasteiger partial charge in [-0.1, -0.05) is 0 Å². The lowest BCUT2D eigenvalue weighted by atomic mass is 10.1. The number of rotatable bonds is 3. The Balaban J connectivity index is 1.89. The van der Waals surface area contributed by atoms with E-state index in [0.717, 1.165) is 32.2 Å². The molecule has 0 spiro atoms. The molecule has 1 N–H and O–H groups in total. The second-order valence-electron chi connectivity index (χ2n) is 5.37. The SMILES string of the molecule is O=S(=O)(c1cncc(Br)c1)N1CCCC1C1CCCN1. The van der Waals surface area contributed by atoms with Crippen LogP contribution in [-0.4, -0.2) is 42.9 Å². The molecule has 2 atom stereocenters. The molecule has 0 saturated carbocycles. The maximum absolute atomic E-state index is 12.8. The smallest absolute Gasteiger partial charge is 0.244 e. The summed E-state index contributed by atoms with van der Waals surface area (Å²) in [5, 5.41) is 3.43. The highest BCUT2D eigenvalue weighted by atomic mass is 79.9. The number of halogens is 1. The molecule has 0 radical (unpaired) electrons. The Hall–Kier alpha value is -0.500. The third-order valence-corrected chi connectivity index (χ3v) is 6.42. The van der Waals surface area contributed by atoms with Crippen molar-refractivity contribution in [1.29, 1.82) is 0 Å². The quantitative estimate of drug-likeness (QED) is 0.892. The van der Waals surface area contributed by atoms with Crippen LogP contribution in [-0.2, 0) is 10.0 Å². The molecule has 0 bridgehead atoms. The molecule has 5 nitrogen and oxygen atoms in total. The van der Waals surface area contributed by atoms with Crippen LogP contribution in [0.1, 0.15) is 25.7 Å². The summed E-state index contributed by atoms with van der Waals surface area (Å²) in [6.07, 6.45) is 7.10. The first-order valence-electron chi connectivity index (χ1n) is 6.95. The molecule has 1 aromatic rings. The van der Waals surface area contributed by atoms with Crippen molar-refractivity contribution in [3.8, 4) is 0 Å². The molecule has 20 heavy (non-hydrogen) atoms. The lowest BCUT2D eigenvalue weighted by Crippen LogP contribution is -2.46. The molecule has 2 fully saturated rings. The van der Waals surface area contributed by atoms with Crippen LogP contribution in [0.5, 0.6) is 0 Å². The monoisotopic (exact) mass is 359 g/mol.